The number of nitrogens with one attached hydrogen (secondary N) is 1. The van der Waals surface area contributed by atoms with Crippen LogP contribution in [0.2, 0.25) is 0 Å². The molecule has 0 aliphatic heterocycles. The van der Waals surface area contributed by atoms with Gasteiger partial charge in [0.2, 0.25) is 0 Å². The fourth-order valence-electron chi connectivity index (χ4n) is 3.62. The molecule has 8 heteroatoms. The smallest absolute Gasteiger partial charge is 0.348 e. The normalized spacial score (nSPS) is 20.1. The first-order valence-corrected chi connectivity index (χ1v) is 11.2. The van der Waals surface area contributed by atoms with Crippen molar-refractivity contribution in [3.8, 4) is 0 Å². The van der Waals surface area contributed by atoms with Gasteiger partial charge in [0.25, 0.3) is 5.91 Å². The van der Waals surface area contributed by atoms with Crippen LogP contribution in [0.4, 0.5) is 0 Å². The monoisotopic (exact) mass is 430 g/mol. The van der Waals surface area contributed by atoms with E-state index in [1.165, 1.54) is 22.7 Å². The summed E-state index contributed by atoms with van der Waals surface area (Å²) in [4.78, 5) is 25.5. The second-order valence-electron chi connectivity index (χ2n) is 7.80. The molecule has 0 radical (unpaired) electrons. The van der Waals surface area contributed by atoms with E-state index >= 15 is 0 Å². The number of carbonyl (C=O) groups is 2. The number of hydrogen-bond acceptors (Lipinski definition) is 7. The van der Waals surface area contributed by atoms with Gasteiger partial charge in [0.05, 0.1) is 10.6 Å². The number of ether oxygens (including phenoxy) is 1. The molecule has 1 fully saturated rings. The molecule has 4 rings (SSSR count). The zero-order valence-electron chi connectivity index (χ0n) is 16.2. The van der Waals surface area contributed by atoms with E-state index in [9.17, 15) is 9.59 Å². The van der Waals surface area contributed by atoms with Gasteiger partial charge in [0.15, 0.2) is 12.4 Å². The van der Waals surface area contributed by atoms with Gasteiger partial charge < -0.3 is 14.6 Å². The number of aromatic nitrogens is 1. The lowest BCUT2D eigenvalue weighted by Gasteiger charge is -2.52. The molecule has 0 unspecified atom stereocenters. The molecule has 0 saturated heterocycles. The molecule has 1 amide bonds. The molecule has 1 saturated carbocycles. The summed E-state index contributed by atoms with van der Waals surface area (Å²) in [5.41, 5.74) is 0.811. The molecule has 0 aromatic carbocycles. The number of rotatable bonds is 7. The Morgan fingerprint density at radius 1 is 1.24 bits per heavy atom. The zero-order valence-corrected chi connectivity index (χ0v) is 17.8. The van der Waals surface area contributed by atoms with Gasteiger partial charge in [0, 0.05) is 12.1 Å². The minimum atomic E-state index is -0.359. The molecule has 152 valence electrons. The molecule has 6 nitrogen and oxygen atoms in total. The first-order chi connectivity index (χ1) is 13.9. The van der Waals surface area contributed by atoms with Crippen molar-refractivity contribution in [2.75, 3.05) is 0 Å². The molecule has 0 spiro atoms. The van der Waals surface area contributed by atoms with Crippen LogP contribution in [0.25, 0.3) is 0 Å². The second-order valence-corrected chi connectivity index (χ2v) is 9.69. The van der Waals surface area contributed by atoms with E-state index in [1.807, 2.05) is 35.0 Å². The highest BCUT2D eigenvalue weighted by atomic mass is 32.1. The van der Waals surface area contributed by atoms with Gasteiger partial charge in [-0.05, 0) is 47.1 Å². The van der Waals surface area contributed by atoms with Crippen LogP contribution in [-0.4, -0.2) is 23.1 Å². The second kappa shape index (κ2) is 8.12. The third kappa shape index (κ3) is 4.28. The topological polar surface area (TPSA) is 81.4 Å². The van der Waals surface area contributed by atoms with Crippen molar-refractivity contribution >= 4 is 34.6 Å². The van der Waals surface area contributed by atoms with E-state index < -0.39 is 0 Å². The highest BCUT2D eigenvalue weighted by Gasteiger charge is 2.48. The predicted molar refractivity (Wildman–Crippen MR) is 111 cm³/mol. The Morgan fingerprint density at radius 3 is 2.62 bits per heavy atom. The van der Waals surface area contributed by atoms with Crippen LogP contribution >= 0.6 is 22.7 Å². The van der Waals surface area contributed by atoms with Gasteiger partial charge in [-0.2, -0.15) is 0 Å². The van der Waals surface area contributed by atoms with Crippen molar-refractivity contribution in [2.45, 2.75) is 39.3 Å². The van der Waals surface area contributed by atoms with Gasteiger partial charge in [-0.1, -0.05) is 31.1 Å². The van der Waals surface area contributed by atoms with Crippen molar-refractivity contribution in [1.82, 2.24) is 10.5 Å². The van der Waals surface area contributed by atoms with Gasteiger partial charge in [-0.3, -0.25) is 4.79 Å². The van der Waals surface area contributed by atoms with Crippen molar-refractivity contribution in [3.05, 3.63) is 62.3 Å². The summed E-state index contributed by atoms with van der Waals surface area (Å²) in [6.07, 6.45) is 1.67. The molecule has 2 atom stereocenters. The summed E-state index contributed by atoms with van der Waals surface area (Å²) in [6, 6.07) is 9.24. The number of amides is 1. The fraction of sp³-hybridized carbons (Fsp3) is 0.381. The Hall–Kier alpha value is -2.45. The molecule has 1 N–H and O–H groups in total. The van der Waals surface area contributed by atoms with Gasteiger partial charge in [-0.25, -0.2) is 4.79 Å². The number of esters is 1. The quantitative estimate of drug-likeness (QED) is 0.557. The lowest BCUT2D eigenvalue weighted by molar-refractivity contribution is 0.0139. The molecule has 29 heavy (non-hydrogen) atoms. The molecule has 1 aliphatic carbocycles. The van der Waals surface area contributed by atoms with Gasteiger partial charge in [-0.15, -0.1) is 22.7 Å². The Labute approximate surface area is 176 Å². The standard InChI is InChI=1S/C21H22N2O4S2/c1-21(2)13(10-18(21)22-19(24)16-5-3-7-28-16)9-14-11-15(27-23-14)12-26-20(25)17-6-4-8-29-17/h3-8,11,13,18H,9-10,12H2,1-2H3,(H,22,24)/t13-,18+/m1/s1. The van der Waals surface area contributed by atoms with E-state index in [2.05, 4.69) is 24.3 Å². The number of hydrogen-bond donors (Lipinski definition) is 1. The Balaban J connectivity index is 1.28. The lowest BCUT2D eigenvalue weighted by Crippen LogP contribution is -2.58. The van der Waals surface area contributed by atoms with E-state index in [0.29, 0.717) is 16.6 Å². The first kappa shape index (κ1) is 19.8. The Morgan fingerprint density at radius 2 is 1.97 bits per heavy atom. The average Bonchev–Trinajstić information content (AvgIpc) is 3.47. The Kier molecular flexibility index (Phi) is 5.56. The van der Waals surface area contributed by atoms with Crippen LogP contribution in [0.5, 0.6) is 0 Å². The van der Waals surface area contributed by atoms with E-state index in [0.717, 1.165) is 23.4 Å². The summed E-state index contributed by atoms with van der Waals surface area (Å²) in [7, 11) is 0. The Bertz CT molecular complexity index is 976. The molecule has 3 aromatic heterocycles. The number of carbonyl (C=O) groups excluding carboxylic acids is 2. The lowest BCUT2D eigenvalue weighted by atomic mass is 9.57. The van der Waals surface area contributed by atoms with Crippen molar-refractivity contribution < 1.29 is 18.8 Å². The molecular weight excluding hydrogens is 408 g/mol. The number of thiophene rings is 2. The molecule has 1 aliphatic rings. The summed E-state index contributed by atoms with van der Waals surface area (Å²) < 4.78 is 10.6. The largest absolute Gasteiger partial charge is 0.453 e. The van der Waals surface area contributed by atoms with Crippen molar-refractivity contribution in [2.24, 2.45) is 11.3 Å². The van der Waals surface area contributed by atoms with E-state index in [-0.39, 0.29) is 29.9 Å². The van der Waals surface area contributed by atoms with E-state index in [4.69, 9.17) is 9.26 Å². The third-order valence-corrected chi connectivity index (χ3v) is 7.37. The van der Waals surface area contributed by atoms with Gasteiger partial charge >= 0.3 is 5.97 Å². The summed E-state index contributed by atoms with van der Waals surface area (Å²) in [5, 5.41) is 11.0. The molecular formula is C21H22N2O4S2. The molecule has 3 aromatic rings. The molecule has 0 bridgehead atoms. The third-order valence-electron chi connectivity index (χ3n) is 5.65. The zero-order chi connectivity index (χ0) is 20.4. The van der Waals surface area contributed by atoms with Crippen LogP contribution in [0.3, 0.4) is 0 Å². The highest BCUT2D eigenvalue weighted by Crippen LogP contribution is 2.47. The van der Waals surface area contributed by atoms with E-state index in [1.54, 1.807) is 6.07 Å². The maximum Gasteiger partial charge on any atom is 0.348 e. The summed E-state index contributed by atoms with van der Waals surface area (Å²) >= 11 is 2.79. The van der Waals surface area contributed by atoms with Crippen LogP contribution in [0, 0.1) is 11.3 Å². The molecule has 3 heterocycles. The average molecular weight is 431 g/mol. The first-order valence-electron chi connectivity index (χ1n) is 9.43. The van der Waals surface area contributed by atoms with Crippen LogP contribution in [-0.2, 0) is 17.8 Å². The number of nitrogens with zero attached hydrogens (tertiary/aromatic N) is 1. The highest BCUT2D eigenvalue weighted by molar-refractivity contribution is 7.12. The van der Waals surface area contributed by atoms with Crippen molar-refractivity contribution in [1.29, 1.82) is 0 Å². The van der Waals surface area contributed by atoms with Crippen LogP contribution in [0.1, 0.15) is 51.1 Å². The van der Waals surface area contributed by atoms with Gasteiger partial charge in [0.1, 0.15) is 4.88 Å². The SMILES string of the molecule is CC1(C)[C@H](Cc2cc(COC(=O)c3cccs3)on2)C[C@@H]1NC(=O)c1cccs1. The maximum atomic E-state index is 12.3. The maximum absolute atomic E-state index is 12.3. The van der Waals surface area contributed by atoms with Crippen LogP contribution < -0.4 is 5.32 Å². The summed E-state index contributed by atoms with van der Waals surface area (Å²) in [6.45, 7) is 4.41. The minimum Gasteiger partial charge on any atom is -0.453 e. The predicted octanol–water partition coefficient (Wildman–Crippen LogP) is 4.54. The van der Waals surface area contributed by atoms with Crippen molar-refractivity contribution in [3.63, 3.8) is 0 Å². The minimum absolute atomic E-state index is 0.00666. The fourth-order valence-corrected chi connectivity index (χ4v) is 4.86. The van der Waals surface area contributed by atoms with Crippen LogP contribution in [0.15, 0.2) is 45.6 Å². The summed E-state index contributed by atoms with van der Waals surface area (Å²) in [5.74, 6) is 0.558.